The van der Waals surface area contributed by atoms with E-state index in [1.165, 1.54) is 18.4 Å². The Morgan fingerprint density at radius 2 is 2.38 bits per heavy atom. The van der Waals surface area contributed by atoms with E-state index in [4.69, 9.17) is 4.74 Å². The molecule has 1 unspecified atom stereocenters. The Morgan fingerprint density at radius 3 is 3.12 bits per heavy atom. The second kappa shape index (κ2) is 4.18. The fourth-order valence-electron chi connectivity index (χ4n) is 2.25. The standard InChI is InChI=1S/C12H19N3O/c1-2-14-5-6-16-12(9-14)10-7-13-15(8-10)11-3-4-11/h7-8,11-12H,2-6,9H2,1H3. The molecule has 4 nitrogen and oxygen atoms in total. The zero-order valence-electron chi connectivity index (χ0n) is 9.80. The molecule has 1 atom stereocenters. The van der Waals surface area contributed by atoms with Gasteiger partial charge in [-0.25, -0.2) is 0 Å². The van der Waals surface area contributed by atoms with Crippen molar-refractivity contribution in [3.63, 3.8) is 0 Å². The van der Waals surface area contributed by atoms with Crippen LogP contribution in [0.3, 0.4) is 0 Å². The Labute approximate surface area is 96.2 Å². The van der Waals surface area contributed by atoms with Crippen LogP contribution in [0.15, 0.2) is 12.4 Å². The van der Waals surface area contributed by atoms with Gasteiger partial charge in [-0.05, 0) is 19.4 Å². The van der Waals surface area contributed by atoms with Crippen LogP contribution in [0.5, 0.6) is 0 Å². The monoisotopic (exact) mass is 221 g/mol. The number of aromatic nitrogens is 2. The van der Waals surface area contributed by atoms with Crippen molar-refractivity contribution in [1.29, 1.82) is 0 Å². The number of likely N-dealkylation sites (N-methyl/N-ethyl adjacent to an activating group) is 1. The first-order chi connectivity index (χ1) is 7.86. The number of hydrogen-bond acceptors (Lipinski definition) is 3. The summed E-state index contributed by atoms with van der Waals surface area (Å²) in [7, 11) is 0. The van der Waals surface area contributed by atoms with Crippen LogP contribution in [-0.4, -0.2) is 40.9 Å². The van der Waals surface area contributed by atoms with Gasteiger partial charge in [0.1, 0.15) is 0 Å². The lowest BCUT2D eigenvalue weighted by molar-refractivity contribution is -0.0282. The van der Waals surface area contributed by atoms with Gasteiger partial charge in [-0.2, -0.15) is 5.10 Å². The van der Waals surface area contributed by atoms with Crippen molar-refractivity contribution in [2.75, 3.05) is 26.2 Å². The molecular formula is C12H19N3O. The molecule has 0 bridgehead atoms. The van der Waals surface area contributed by atoms with Gasteiger partial charge in [-0.15, -0.1) is 0 Å². The predicted molar refractivity (Wildman–Crippen MR) is 61.3 cm³/mol. The summed E-state index contributed by atoms with van der Waals surface area (Å²) >= 11 is 0. The molecule has 3 rings (SSSR count). The van der Waals surface area contributed by atoms with Gasteiger partial charge in [0.15, 0.2) is 0 Å². The van der Waals surface area contributed by atoms with Crippen LogP contribution in [0.2, 0.25) is 0 Å². The molecule has 1 aliphatic heterocycles. The zero-order chi connectivity index (χ0) is 11.0. The molecular weight excluding hydrogens is 202 g/mol. The highest BCUT2D eigenvalue weighted by atomic mass is 16.5. The van der Waals surface area contributed by atoms with Crippen molar-refractivity contribution >= 4 is 0 Å². The summed E-state index contributed by atoms with van der Waals surface area (Å²) in [5.74, 6) is 0. The van der Waals surface area contributed by atoms with Crippen molar-refractivity contribution in [3.8, 4) is 0 Å². The lowest BCUT2D eigenvalue weighted by Gasteiger charge is -2.31. The van der Waals surface area contributed by atoms with Crippen molar-refractivity contribution in [2.45, 2.75) is 31.9 Å². The molecule has 2 fully saturated rings. The van der Waals surface area contributed by atoms with Gasteiger partial charge < -0.3 is 4.74 Å². The van der Waals surface area contributed by atoms with Gasteiger partial charge in [-0.3, -0.25) is 9.58 Å². The maximum absolute atomic E-state index is 5.81. The van der Waals surface area contributed by atoms with E-state index in [1.54, 1.807) is 0 Å². The van der Waals surface area contributed by atoms with E-state index < -0.39 is 0 Å². The molecule has 16 heavy (non-hydrogen) atoms. The predicted octanol–water partition coefficient (Wildman–Crippen LogP) is 1.61. The molecule has 1 aromatic heterocycles. The summed E-state index contributed by atoms with van der Waals surface area (Å²) in [6.45, 7) is 6.22. The van der Waals surface area contributed by atoms with Gasteiger partial charge in [0.25, 0.3) is 0 Å². The first-order valence-corrected chi connectivity index (χ1v) is 6.25. The summed E-state index contributed by atoms with van der Waals surface area (Å²) in [5, 5.41) is 4.42. The summed E-state index contributed by atoms with van der Waals surface area (Å²) in [6, 6.07) is 0.666. The fraction of sp³-hybridized carbons (Fsp3) is 0.750. The van der Waals surface area contributed by atoms with E-state index in [9.17, 15) is 0 Å². The molecule has 0 spiro atoms. The molecule has 0 aromatic carbocycles. The summed E-state index contributed by atoms with van der Waals surface area (Å²) in [4.78, 5) is 2.43. The number of ether oxygens (including phenoxy) is 1. The van der Waals surface area contributed by atoms with E-state index in [-0.39, 0.29) is 6.10 Å². The Balaban J connectivity index is 1.70. The normalized spacial score (nSPS) is 27.2. The van der Waals surface area contributed by atoms with Gasteiger partial charge >= 0.3 is 0 Å². The largest absolute Gasteiger partial charge is 0.371 e. The quantitative estimate of drug-likeness (QED) is 0.777. The molecule has 0 amide bonds. The fourth-order valence-corrected chi connectivity index (χ4v) is 2.25. The highest BCUT2D eigenvalue weighted by Crippen LogP contribution is 2.35. The molecule has 4 heteroatoms. The molecule has 1 aliphatic carbocycles. The number of hydrogen-bond donors (Lipinski definition) is 0. The van der Waals surface area contributed by atoms with Crippen LogP contribution in [0.25, 0.3) is 0 Å². The van der Waals surface area contributed by atoms with Crippen LogP contribution in [0, 0.1) is 0 Å². The van der Waals surface area contributed by atoms with Crippen molar-refractivity contribution in [2.24, 2.45) is 0 Å². The third-order valence-corrected chi connectivity index (χ3v) is 3.51. The average molecular weight is 221 g/mol. The second-order valence-electron chi connectivity index (χ2n) is 4.74. The van der Waals surface area contributed by atoms with E-state index in [0.717, 1.165) is 26.2 Å². The number of morpholine rings is 1. The molecule has 0 N–H and O–H groups in total. The lowest BCUT2D eigenvalue weighted by atomic mass is 10.1. The van der Waals surface area contributed by atoms with Gasteiger partial charge in [0.2, 0.25) is 0 Å². The molecule has 0 radical (unpaired) electrons. The van der Waals surface area contributed by atoms with Gasteiger partial charge in [0, 0.05) is 24.8 Å². The molecule has 2 aliphatic rings. The topological polar surface area (TPSA) is 30.3 Å². The van der Waals surface area contributed by atoms with E-state index in [2.05, 4.69) is 27.8 Å². The first-order valence-electron chi connectivity index (χ1n) is 6.25. The molecule has 1 saturated heterocycles. The zero-order valence-corrected chi connectivity index (χ0v) is 9.80. The van der Waals surface area contributed by atoms with Crippen LogP contribution in [0.4, 0.5) is 0 Å². The van der Waals surface area contributed by atoms with Crippen LogP contribution in [-0.2, 0) is 4.74 Å². The second-order valence-corrected chi connectivity index (χ2v) is 4.74. The Kier molecular flexibility index (Phi) is 2.69. The Morgan fingerprint density at radius 1 is 1.50 bits per heavy atom. The van der Waals surface area contributed by atoms with E-state index >= 15 is 0 Å². The molecule has 2 heterocycles. The maximum atomic E-state index is 5.81. The lowest BCUT2D eigenvalue weighted by Crippen LogP contribution is -2.37. The Hall–Kier alpha value is -0.870. The first kappa shape index (κ1) is 10.3. The van der Waals surface area contributed by atoms with Crippen LogP contribution in [0.1, 0.15) is 37.5 Å². The maximum Gasteiger partial charge on any atom is 0.0982 e. The van der Waals surface area contributed by atoms with Gasteiger partial charge in [0.05, 0.1) is 24.9 Å². The van der Waals surface area contributed by atoms with E-state index in [1.807, 2.05) is 6.20 Å². The minimum atomic E-state index is 0.223. The number of nitrogens with zero attached hydrogens (tertiary/aromatic N) is 3. The molecule has 1 aromatic rings. The van der Waals surface area contributed by atoms with Crippen molar-refractivity contribution in [1.82, 2.24) is 14.7 Å². The molecule has 88 valence electrons. The third-order valence-electron chi connectivity index (χ3n) is 3.51. The summed E-state index contributed by atoms with van der Waals surface area (Å²) in [6.07, 6.45) is 6.94. The van der Waals surface area contributed by atoms with Gasteiger partial charge in [-0.1, -0.05) is 6.92 Å². The Bertz CT molecular complexity index is 359. The van der Waals surface area contributed by atoms with Crippen LogP contribution >= 0.6 is 0 Å². The SMILES string of the molecule is CCN1CCOC(c2cnn(C3CC3)c2)C1. The highest BCUT2D eigenvalue weighted by Gasteiger charge is 2.27. The minimum Gasteiger partial charge on any atom is -0.371 e. The smallest absolute Gasteiger partial charge is 0.0982 e. The van der Waals surface area contributed by atoms with E-state index in [0.29, 0.717) is 6.04 Å². The van der Waals surface area contributed by atoms with Crippen LogP contribution < -0.4 is 0 Å². The van der Waals surface area contributed by atoms with Crippen molar-refractivity contribution < 1.29 is 4.74 Å². The average Bonchev–Trinajstić information content (AvgIpc) is 3.07. The summed E-state index contributed by atoms with van der Waals surface area (Å²) < 4.78 is 7.92. The highest BCUT2D eigenvalue weighted by molar-refractivity contribution is 5.11. The minimum absolute atomic E-state index is 0.223. The molecule has 1 saturated carbocycles. The third kappa shape index (κ3) is 1.99. The summed E-state index contributed by atoms with van der Waals surface area (Å²) in [5.41, 5.74) is 1.24. The van der Waals surface area contributed by atoms with Crippen molar-refractivity contribution in [3.05, 3.63) is 18.0 Å². The number of rotatable bonds is 3.